The number of urea groups is 1. The van der Waals surface area contributed by atoms with Crippen molar-refractivity contribution >= 4 is 40.7 Å². The van der Waals surface area contributed by atoms with Gasteiger partial charge in [0, 0.05) is 6.21 Å². The van der Waals surface area contributed by atoms with E-state index in [1.165, 1.54) is 6.21 Å². The Balaban J connectivity index is 2.76. The second-order valence-electron chi connectivity index (χ2n) is 1.47. The average Bonchev–Trinajstić information content (AvgIpc) is 1.80. The number of halogens is 1. The smallest absolute Gasteiger partial charge is 0.275 e. The van der Waals surface area contributed by atoms with Crippen molar-refractivity contribution in [2.45, 2.75) is 3.92 Å². The molecule has 1 heterocycles. The summed E-state index contributed by atoms with van der Waals surface area (Å²) in [5, 5.41) is 2.05. The molecule has 0 radical (unpaired) electrons. The lowest BCUT2D eigenvalue weighted by Gasteiger charge is -2.06. The molecule has 1 unspecified atom stereocenters. The van der Waals surface area contributed by atoms with Crippen molar-refractivity contribution in [1.82, 2.24) is 5.32 Å². The first-order valence-corrected chi connectivity index (χ1v) is 3.48. The Labute approximate surface area is 64.9 Å². The van der Waals surface area contributed by atoms with E-state index in [0.717, 1.165) is 0 Å². The van der Waals surface area contributed by atoms with Crippen LogP contribution in [0.1, 0.15) is 0 Å². The summed E-state index contributed by atoms with van der Waals surface area (Å²) in [4.78, 5) is 24.2. The molecule has 0 spiro atoms. The van der Waals surface area contributed by atoms with Gasteiger partial charge in [-0.05, 0) is 0 Å². The number of alkyl halides is 1. The van der Waals surface area contributed by atoms with E-state index >= 15 is 0 Å². The molecular formula is C4H3IN2O2. The summed E-state index contributed by atoms with van der Waals surface area (Å²) >= 11 is 1.88. The summed E-state index contributed by atoms with van der Waals surface area (Å²) in [5.74, 6) is -0.296. The van der Waals surface area contributed by atoms with Crippen LogP contribution < -0.4 is 5.32 Å². The molecular weight excluding hydrogens is 235 g/mol. The van der Waals surface area contributed by atoms with Crippen LogP contribution in [0.5, 0.6) is 0 Å². The monoisotopic (exact) mass is 238 g/mol. The fourth-order valence-corrected chi connectivity index (χ4v) is 0.724. The average molecular weight is 238 g/mol. The maximum absolute atomic E-state index is 10.6. The Morgan fingerprint density at radius 1 is 1.67 bits per heavy atom. The Hall–Kier alpha value is -0.460. The van der Waals surface area contributed by atoms with Crippen LogP contribution >= 0.6 is 22.6 Å². The highest BCUT2D eigenvalue weighted by Crippen LogP contribution is 2.00. The van der Waals surface area contributed by atoms with Gasteiger partial charge in [-0.15, -0.1) is 0 Å². The molecule has 0 aromatic carbocycles. The second-order valence-corrected chi connectivity index (χ2v) is 2.82. The van der Waals surface area contributed by atoms with Gasteiger partial charge in [0.25, 0.3) is 0 Å². The minimum absolute atomic E-state index is 0.296. The molecule has 0 aromatic heterocycles. The van der Waals surface area contributed by atoms with Gasteiger partial charge in [-0.3, -0.25) is 10.1 Å². The molecule has 1 atom stereocenters. The summed E-state index contributed by atoms with van der Waals surface area (Å²) in [6, 6.07) is -0.576. The molecule has 9 heavy (non-hydrogen) atoms. The van der Waals surface area contributed by atoms with Gasteiger partial charge in [0.1, 0.15) is 3.92 Å². The van der Waals surface area contributed by atoms with Gasteiger partial charge in [-0.25, -0.2) is 9.79 Å². The predicted molar refractivity (Wildman–Crippen MR) is 39.8 cm³/mol. The zero-order valence-corrected chi connectivity index (χ0v) is 6.45. The zero-order chi connectivity index (χ0) is 6.85. The minimum atomic E-state index is -0.576. The molecule has 1 aliphatic heterocycles. The molecule has 1 N–H and O–H groups in total. The van der Waals surface area contributed by atoms with Gasteiger partial charge in [0.05, 0.1) is 0 Å². The number of amides is 3. The molecule has 1 rings (SSSR count). The van der Waals surface area contributed by atoms with Crippen molar-refractivity contribution in [3.05, 3.63) is 0 Å². The van der Waals surface area contributed by atoms with Crippen molar-refractivity contribution in [3.63, 3.8) is 0 Å². The van der Waals surface area contributed by atoms with Crippen molar-refractivity contribution in [1.29, 1.82) is 0 Å². The normalized spacial score (nSPS) is 26.1. The third-order valence-electron chi connectivity index (χ3n) is 0.803. The molecule has 0 fully saturated rings. The number of hydrogen-bond donors (Lipinski definition) is 1. The van der Waals surface area contributed by atoms with Crippen LogP contribution in [0.2, 0.25) is 0 Å². The Kier molecular flexibility index (Phi) is 1.79. The lowest BCUT2D eigenvalue weighted by Crippen LogP contribution is -2.39. The number of nitrogens with zero attached hydrogens (tertiary/aromatic N) is 1. The lowest BCUT2D eigenvalue weighted by atomic mass is 10.4. The molecule has 5 heteroatoms. The van der Waals surface area contributed by atoms with E-state index < -0.39 is 6.03 Å². The fraction of sp³-hybridized carbons (Fsp3) is 0.250. The maximum atomic E-state index is 10.6. The number of aliphatic imine (C=N–C) groups is 1. The summed E-state index contributed by atoms with van der Waals surface area (Å²) in [5.41, 5.74) is 0. The summed E-state index contributed by atoms with van der Waals surface area (Å²) in [6.07, 6.45) is 1.32. The number of rotatable bonds is 0. The van der Waals surface area contributed by atoms with Crippen LogP contribution in [-0.2, 0) is 4.79 Å². The van der Waals surface area contributed by atoms with Crippen LogP contribution in [-0.4, -0.2) is 22.1 Å². The Morgan fingerprint density at radius 3 is 2.78 bits per heavy atom. The van der Waals surface area contributed by atoms with Crippen LogP contribution in [0.4, 0.5) is 4.79 Å². The maximum Gasteiger partial charge on any atom is 0.347 e. The summed E-state index contributed by atoms with van der Waals surface area (Å²) < 4.78 is -0.305. The van der Waals surface area contributed by atoms with E-state index in [0.29, 0.717) is 0 Å². The first kappa shape index (κ1) is 6.66. The molecule has 4 nitrogen and oxygen atoms in total. The van der Waals surface area contributed by atoms with Crippen molar-refractivity contribution in [3.8, 4) is 0 Å². The van der Waals surface area contributed by atoms with E-state index in [1.807, 2.05) is 27.9 Å². The third-order valence-corrected chi connectivity index (χ3v) is 1.69. The van der Waals surface area contributed by atoms with E-state index in [1.54, 1.807) is 0 Å². The summed E-state index contributed by atoms with van der Waals surface area (Å²) in [7, 11) is 0. The number of carbonyl (C=O) groups excluding carboxylic acids is 2. The quantitative estimate of drug-likeness (QED) is 0.481. The highest BCUT2D eigenvalue weighted by atomic mass is 127. The lowest BCUT2D eigenvalue weighted by molar-refractivity contribution is -0.118. The van der Waals surface area contributed by atoms with Gasteiger partial charge in [0.15, 0.2) is 0 Å². The van der Waals surface area contributed by atoms with Gasteiger partial charge < -0.3 is 0 Å². The molecule has 3 amide bonds. The van der Waals surface area contributed by atoms with Crippen LogP contribution in [0.25, 0.3) is 0 Å². The number of nitrogens with one attached hydrogen (secondary N) is 1. The number of hydrogen-bond acceptors (Lipinski definition) is 2. The van der Waals surface area contributed by atoms with E-state index in [9.17, 15) is 9.59 Å². The number of carbonyl (C=O) groups is 2. The SMILES string of the molecule is O=C1N=CC(I)C(=O)N1. The van der Waals surface area contributed by atoms with Crippen LogP contribution in [0.3, 0.4) is 0 Å². The predicted octanol–water partition coefficient (Wildman–Crippen LogP) is 0.111. The highest BCUT2D eigenvalue weighted by Gasteiger charge is 2.18. The van der Waals surface area contributed by atoms with Crippen LogP contribution in [0.15, 0.2) is 4.99 Å². The van der Waals surface area contributed by atoms with Crippen molar-refractivity contribution < 1.29 is 9.59 Å². The molecule has 0 saturated carbocycles. The summed E-state index contributed by atoms with van der Waals surface area (Å²) in [6.45, 7) is 0. The van der Waals surface area contributed by atoms with Crippen molar-refractivity contribution in [2.75, 3.05) is 0 Å². The Morgan fingerprint density at radius 2 is 2.33 bits per heavy atom. The first-order valence-electron chi connectivity index (χ1n) is 2.23. The number of imide groups is 1. The molecule has 0 saturated heterocycles. The molecule has 0 aliphatic carbocycles. The van der Waals surface area contributed by atoms with Crippen molar-refractivity contribution in [2.24, 2.45) is 4.99 Å². The Bertz CT molecular complexity index is 189. The fourth-order valence-electron chi connectivity index (χ4n) is 0.407. The standard InChI is InChI=1S/C4H3IN2O2/c5-2-1-6-4(9)7-3(2)8/h1-2H,(H,7,8,9). The van der Waals surface area contributed by atoms with E-state index in [2.05, 4.69) is 4.99 Å². The van der Waals surface area contributed by atoms with E-state index in [4.69, 9.17) is 0 Å². The third kappa shape index (κ3) is 1.47. The largest absolute Gasteiger partial charge is 0.347 e. The molecule has 0 bridgehead atoms. The van der Waals surface area contributed by atoms with Crippen LogP contribution in [0, 0.1) is 0 Å². The highest BCUT2D eigenvalue weighted by molar-refractivity contribution is 14.1. The van der Waals surface area contributed by atoms with E-state index in [-0.39, 0.29) is 9.83 Å². The van der Waals surface area contributed by atoms with Gasteiger partial charge >= 0.3 is 6.03 Å². The molecule has 48 valence electrons. The minimum Gasteiger partial charge on any atom is -0.275 e. The van der Waals surface area contributed by atoms with Gasteiger partial charge in [0.2, 0.25) is 5.91 Å². The zero-order valence-electron chi connectivity index (χ0n) is 4.30. The van der Waals surface area contributed by atoms with Gasteiger partial charge in [-0.1, -0.05) is 22.6 Å². The second kappa shape index (κ2) is 2.42. The van der Waals surface area contributed by atoms with Gasteiger partial charge in [-0.2, -0.15) is 0 Å². The molecule has 1 aliphatic rings. The first-order chi connectivity index (χ1) is 4.20. The molecule has 0 aromatic rings. The topological polar surface area (TPSA) is 58.5 Å².